The van der Waals surface area contributed by atoms with E-state index in [1.54, 1.807) is 12.1 Å². The number of hydrogen-bond donors (Lipinski definition) is 3. The van der Waals surface area contributed by atoms with Gasteiger partial charge >= 0.3 is 5.97 Å². The summed E-state index contributed by atoms with van der Waals surface area (Å²) in [5, 5.41) is 12.7. The van der Waals surface area contributed by atoms with Crippen molar-refractivity contribution in [2.45, 2.75) is 38.6 Å². The molecule has 6 nitrogen and oxygen atoms in total. The van der Waals surface area contributed by atoms with Crippen molar-refractivity contribution in [2.75, 3.05) is 17.6 Å². The Bertz CT molecular complexity index is 1300. The Hall–Kier alpha value is -2.94. The number of aromatic carboxylic acids is 1. The second-order valence-corrected chi connectivity index (χ2v) is 11.3. The van der Waals surface area contributed by atoms with Crippen molar-refractivity contribution in [1.29, 1.82) is 0 Å². The Labute approximate surface area is 216 Å². The summed E-state index contributed by atoms with van der Waals surface area (Å²) in [7, 11) is -3.62. The molecule has 1 unspecified atom stereocenters. The molecule has 0 aromatic heterocycles. The van der Waals surface area contributed by atoms with Gasteiger partial charge in [-0.05, 0) is 53.3 Å². The molecule has 36 heavy (non-hydrogen) atoms. The molecule has 0 aliphatic rings. The first kappa shape index (κ1) is 27.6. The maximum atomic E-state index is 13.4. The van der Waals surface area contributed by atoms with Gasteiger partial charge in [-0.15, -0.1) is 0 Å². The number of anilines is 1. The van der Waals surface area contributed by atoms with E-state index in [4.69, 9.17) is 11.6 Å². The minimum absolute atomic E-state index is 0.0102. The normalized spacial score (nSPS) is 12.5. The fraction of sp³-hybridized carbons (Fsp3) is 0.296. The summed E-state index contributed by atoms with van der Waals surface area (Å²) in [6, 6.07) is 18.7. The molecule has 192 valence electrons. The number of sulfonamides is 1. The zero-order valence-electron chi connectivity index (χ0n) is 20.2. The van der Waals surface area contributed by atoms with Crippen LogP contribution in [0.5, 0.6) is 0 Å². The molecule has 1 atom stereocenters. The molecule has 3 N–H and O–H groups in total. The van der Waals surface area contributed by atoms with Crippen molar-refractivity contribution in [3.63, 3.8) is 0 Å². The molecule has 0 radical (unpaired) electrons. The highest BCUT2D eigenvalue weighted by Gasteiger charge is 2.19. The Morgan fingerprint density at radius 3 is 2.42 bits per heavy atom. The van der Waals surface area contributed by atoms with Gasteiger partial charge in [0.2, 0.25) is 10.0 Å². The van der Waals surface area contributed by atoms with E-state index in [-0.39, 0.29) is 34.7 Å². The molecule has 0 aliphatic heterocycles. The monoisotopic (exact) mass is 532 g/mol. The molecule has 0 spiro atoms. The number of carboxylic acids is 1. The maximum Gasteiger partial charge on any atom is 0.335 e. The minimum atomic E-state index is -3.62. The number of rotatable bonds is 12. The molecule has 0 bridgehead atoms. The average molecular weight is 533 g/mol. The van der Waals surface area contributed by atoms with Crippen molar-refractivity contribution in [1.82, 2.24) is 4.72 Å². The van der Waals surface area contributed by atoms with Crippen LogP contribution in [-0.2, 0) is 16.6 Å². The number of benzene rings is 3. The van der Waals surface area contributed by atoms with Gasteiger partial charge in [0.1, 0.15) is 5.82 Å². The summed E-state index contributed by atoms with van der Waals surface area (Å²) in [5.41, 5.74) is 3.43. The van der Waals surface area contributed by atoms with Gasteiger partial charge in [0, 0.05) is 24.7 Å². The van der Waals surface area contributed by atoms with Crippen LogP contribution in [0.2, 0.25) is 5.02 Å². The lowest BCUT2D eigenvalue weighted by atomic mass is 9.95. The van der Waals surface area contributed by atoms with Crippen LogP contribution in [0.25, 0.3) is 0 Å². The summed E-state index contributed by atoms with van der Waals surface area (Å²) < 4.78 is 41.4. The van der Waals surface area contributed by atoms with E-state index in [1.165, 1.54) is 18.2 Å². The zero-order chi connectivity index (χ0) is 26.3. The molecule has 3 aromatic rings. The summed E-state index contributed by atoms with van der Waals surface area (Å²) >= 11 is 5.79. The average Bonchev–Trinajstić information content (AvgIpc) is 2.85. The van der Waals surface area contributed by atoms with Gasteiger partial charge in [-0.25, -0.2) is 22.3 Å². The molecule has 0 fully saturated rings. The van der Waals surface area contributed by atoms with Crippen molar-refractivity contribution >= 4 is 33.3 Å². The van der Waals surface area contributed by atoms with E-state index in [2.05, 4.69) is 10.0 Å². The van der Waals surface area contributed by atoms with E-state index in [0.717, 1.165) is 16.8 Å². The Morgan fingerprint density at radius 1 is 1.06 bits per heavy atom. The molecule has 0 aliphatic carbocycles. The first-order chi connectivity index (χ1) is 17.1. The molecular weight excluding hydrogens is 503 g/mol. The van der Waals surface area contributed by atoms with Crippen LogP contribution in [0.3, 0.4) is 0 Å². The van der Waals surface area contributed by atoms with Crippen LogP contribution in [0.15, 0.2) is 66.7 Å². The zero-order valence-corrected chi connectivity index (χ0v) is 21.7. The Morgan fingerprint density at radius 2 is 1.78 bits per heavy atom. The number of carboxylic acid groups (broad SMARTS) is 1. The first-order valence-electron chi connectivity index (χ1n) is 11.6. The van der Waals surface area contributed by atoms with Crippen molar-refractivity contribution < 1.29 is 22.7 Å². The predicted octanol–water partition coefficient (Wildman–Crippen LogP) is 6.01. The highest BCUT2D eigenvalue weighted by atomic mass is 35.5. The lowest BCUT2D eigenvalue weighted by Crippen LogP contribution is -2.28. The topological polar surface area (TPSA) is 95.5 Å². The van der Waals surface area contributed by atoms with E-state index in [1.807, 2.05) is 50.2 Å². The molecular formula is C27H30ClFN2O4S. The van der Waals surface area contributed by atoms with E-state index in [0.29, 0.717) is 18.5 Å². The van der Waals surface area contributed by atoms with Gasteiger partial charge < -0.3 is 10.4 Å². The largest absolute Gasteiger partial charge is 0.478 e. The molecule has 3 aromatic carbocycles. The van der Waals surface area contributed by atoms with Gasteiger partial charge in [0.25, 0.3) is 0 Å². The van der Waals surface area contributed by atoms with Gasteiger partial charge in [-0.3, -0.25) is 0 Å². The Kier molecular flexibility index (Phi) is 9.48. The van der Waals surface area contributed by atoms with E-state index >= 15 is 0 Å². The number of hydrogen-bond acceptors (Lipinski definition) is 4. The predicted molar refractivity (Wildman–Crippen MR) is 142 cm³/mol. The van der Waals surface area contributed by atoms with Crippen LogP contribution in [0.1, 0.15) is 59.2 Å². The second-order valence-electron chi connectivity index (χ2n) is 8.93. The third-order valence-electron chi connectivity index (χ3n) is 5.95. The van der Waals surface area contributed by atoms with Gasteiger partial charge in [-0.1, -0.05) is 67.9 Å². The second kappa shape index (κ2) is 12.3. The molecule has 0 saturated carbocycles. The highest BCUT2D eigenvalue weighted by molar-refractivity contribution is 7.89. The molecule has 0 heterocycles. The van der Waals surface area contributed by atoms with Crippen LogP contribution < -0.4 is 10.0 Å². The smallest absolute Gasteiger partial charge is 0.335 e. The van der Waals surface area contributed by atoms with Crippen molar-refractivity contribution in [3.8, 4) is 0 Å². The van der Waals surface area contributed by atoms with Gasteiger partial charge in [-0.2, -0.15) is 0 Å². The summed E-state index contributed by atoms with van der Waals surface area (Å²) in [4.78, 5) is 11.5. The quantitative estimate of drug-likeness (QED) is 0.265. The SMILES string of the molecule is CC(C)c1ccc(C(=O)O)cc1NCC(CCS(=O)(=O)NCc1ccc(F)c(Cl)c1)c1ccccc1. The van der Waals surface area contributed by atoms with Gasteiger partial charge in [0.05, 0.1) is 16.3 Å². The van der Waals surface area contributed by atoms with Crippen molar-refractivity contribution in [3.05, 3.63) is 99.8 Å². The summed E-state index contributed by atoms with van der Waals surface area (Å²) in [6.07, 6.45) is 0.339. The third-order valence-corrected chi connectivity index (χ3v) is 7.59. The van der Waals surface area contributed by atoms with Crippen LogP contribution in [-0.4, -0.2) is 31.8 Å². The number of halogens is 2. The van der Waals surface area contributed by atoms with Gasteiger partial charge in [0.15, 0.2) is 0 Å². The summed E-state index contributed by atoms with van der Waals surface area (Å²) in [5.74, 6) is -1.65. The maximum absolute atomic E-state index is 13.4. The lowest BCUT2D eigenvalue weighted by Gasteiger charge is -2.22. The van der Waals surface area contributed by atoms with Crippen LogP contribution in [0.4, 0.5) is 10.1 Å². The van der Waals surface area contributed by atoms with Crippen LogP contribution >= 0.6 is 11.6 Å². The van der Waals surface area contributed by atoms with E-state index < -0.39 is 21.8 Å². The standard InChI is InChI=1S/C27H30ClFN2O4S/c1-18(2)23-10-9-21(27(32)33)15-26(23)30-17-22(20-6-4-3-5-7-20)12-13-36(34,35)31-16-19-8-11-25(29)24(28)14-19/h3-11,14-15,18,22,30-31H,12-13,16-17H2,1-2H3,(H,32,33). The van der Waals surface area contributed by atoms with E-state index in [9.17, 15) is 22.7 Å². The fourth-order valence-electron chi connectivity index (χ4n) is 3.90. The van der Waals surface area contributed by atoms with Crippen molar-refractivity contribution in [2.24, 2.45) is 0 Å². The minimum Gasteiger partial charge on any atom is -0.478 e. The number of nitrogens with one attached hydrogen (secondary N) is 2. The Balaban J connectivity index is 1.72. The first-order valence-corrected chi connectivity index (χ1v) is 13.7. The summed E-state index contributed by atoms with van der Waals surface area (Å²) in [6.45, 7) is 4.50. The highest BCUT2D eigenvalue weighted by Crippen LogP contribution is 2.28. The third kappa shape index (κ3) is 7.78. The van der Waals surface area contributed by atoms with Crippen LogP contribution in [0, 0.1) is 5.82 Å². The molecule has 0 saturated heterocycles. The molecule has 9 heteroatoms. The molecule has 3 rings (SSSR count). The molecule has 0 amide bonds. The fourth-order valence-corrected chi connectivity index (χ4v) is 5.23. The lowest BCUT2D eigenvalue weighted by molar-refractivity contribution is 0.0697. The number of carbonyl (C=O) groups is 1.